The Morgan fingerprint density at radius 3 is 2.58 bits per heavy atom. The predicted molar refractivity (Wildman–Crippen MR) is 136 cm³/mol. The van der Waals surface area contributed by atoms with E-state index in [2.05, 4.69) is 11.4 Å². The molecule has 4 rings (SSSR count). The molecular weight excluding hydrogens is 428 g/mol. The van der Waals surface area contributed by atoms with Gasteiger partial charge in [-0.25, -0.2) is 0 Å². The highest BCUT2D eigenvalue weighted by molar-refractivity contribution is 8.04. The molecule has 5 heteroatoms. The summed E-state index contributed by atoms with van der Waals surface area (Å²) in [5, 5.41) is 3.02. The fourth-order valence-electron chi connectivity index (χ4n) is 3.71. The zero-order valence-corrected chi connectivity index (χ0v) is 20.0. The molecule has 1 heterocycles. The molecule has 168 valence electrons. The van der Waals surface area contributed by atoms with Crippen molar-refractivity contribution in [3.63, 3.8) is 0 Å². The van der Waals surface area contributed by atoms with Gasteiger partial charge in [0.25, 0.3) is 11.8 Å². The lowest BCUT2D eigenvalue weighted by atomic mass is 10.1. The standard InChI is InChI=1S/C28H28N2O2S/c1-4-20(3)29-27(31)23-13-14-25-24(17-23)30(18-22-12-8-9-19(2)15-22)28(32)26(33-25)16-21-10-6-5-7-11-21/h5-17,20H,4,18H2,1-3H3,(H,29,31)/b26-16-/t20-/m0/s1. The molecule has 3 aromatic carbocycles. The van der Waals surface area contributed by atoms with Crippen molar-refractivity contribution >= 4 is 35.3 Å². The van der Waals surface area contributed by atoms with Gasteiger partial charge in [0.1, 0.15) is 0 Å². The number of nitrogens with zero attached hydrogens (tertiary/aromatic N) is 1. The Kier molecular flexibility index (Phi) is 6.99. The van der Waals surface area contributed by atoms with E-state index in [1.165, 1.54) is 11.8 Å². The van der Waals surface area contributed by atoms with Gasteiger partial charge in [0.15, 0.2) is 0 Å². The second kappa shape index (κ2) is 10.1. The van der Waals surface area contributed by atoms with Crippen LogP contribution in [0, 0.1) is 6.92 Å². The first-order valence-corrected chi connectivity index (χ1v) is 12.0. The van der Waals surface area contributed by atoms with Crippen LogP contribution in [0.5, 0.6) is 0 Å². The molecule has 0 saturated carbocycles. The average Bonchev–Trinajstić information content (AvgIpc) is 2.82. The Balaban J connectivity index is 1.74. The molecule has 0 unspecified atom stereocenters. The van der Waals surface area contributed by atoms with Crippen LogP contribution in [0.15, 0.2) is 82.6 Å². The van der Waals surface area contributed by atoms with Crippen LogP contribution in [-0.2, 0) is 11.3 Å². The van der Waals surface area contributed by atoms with Crippen LogP contribution in [0.25, 0.3) is 6.08 Å². The van der Waals surface area contributed by atoms with Crippen LogP contribution in [0.1, 0.15) is 47.3 Å². The van der Waals surface area contributed by atoms with E-state index in [9.17, 15) is 9.59 Å². The predicted octanol–water partition coefficient (Wildman–Crippen LogP) is 6.20. The van der Waals surface area contributed by atoms with Crippen molar-refractivity contribution in [1.29, 1.82) is 0 Å². The summed E-state index contributed by atoms with van der Waals surface area (Å²) < 4.78 is 0. The molecule has 3 aromatic rings. The molecule has 1 N–H and O–H groups in total. The summed E-state index contributed by atoms with van der Waals surface area (Å²) in [5.74, 6) is -0.178. The number of aryl methyl sites for hydroxylation is 1. The van der Waals surface area contributed by atoms with E-state index in [-0.39, 0.29) is 17.9 Å². The minimum absolute atomic E-state index is 0.0580. The van der Waals surface area contributed by atoms with E-state index in [1.54, 1.807) is 4.90 Å². The maximum absolute atomic E-state index is 13.6. The topological polar surface area (TPSA) is 49.4 Å². The SMILES string of the molecule is CC[C@H](C)NC(=O)c1ccc2c(c1)N(Cc1cccc(C)c1)C(=O)/C(=C/c1ccccc1)S2. The van der Waals surface area contributed by atoms with Crippen LogP contribution >= 0.6 is 11.8 Å². The lowest BCUT2D eigenvalue weighted by Gasteiger charge is -2.31. The smallest absolute Gasteiger partial charge is 0.265 e. The second-order valence-corrected chi connectivity index (χ2v) is 9.45. The van der Waals surface area contributed by atoms with Gasteiger partial charge in [0.05, 0.1) is 17.1 Å². The summed E-state index contributed by atoms with van der Waals surface area (Å²) in [5.41, 5.74) is 4.51. The first-order chi connectivity index (χ1) is 15.9. The monoisotopic (exact) mass is 456 g/mol. The zero-order chi connectivity index (χ0) is 23.4. The van der Waals surface area contributed by atoms with Gasteiger partial charge in [-0.15, -0.1) is 0 Å². The number of hydrogen-bond donors (Lipinski definition) is 1. The minimum atomic E-state index is -0.120. The van der Waals surface area contributed by atoms with Crippen molar-refractivity contribution < 1.29 is 9.59 Å². The number of carbonyl (C=O) groups excluding carboxylic acids is 2. The van der Waals surface area contributed by atoms with Crippen molar-refractivity contribution in [3.05, 3.63) is 100.0 Å². The Hall–Kier alpha value is -3.31. The fraction of sp³-hybridized carbons (Fsp3) is 0.214. The van der Waals surface area contributed by atoms with E-state index in [0.29, 0.717) is 17.0 Å². The van der Waals surface area contributed by atoms with Gasteiger partial charge in [-0.2, -0.15) is 0 Å². The van der Waals surface area contributed by atoms with Gasteiger partial charge in [0, 0.05) is 16.5 Å². The maximum Gasteiger partial charge on any atom is 0.265 e. The summed E-state index contributed by atoms with van der Waals surface area (Å²) in [4.78, 5) is 29.8. The third kappa shape index (κ3) is 5.37. The third-order valence-electron chi connectivity index (χ3n) is 5.70. The molecule has 0 radical (unpaired) electrons. The molecule has 0 aromatic heterocycles. The summed E-state index contributed by atoms with van der Waals surface area (Å²) >= 11 is 1.45. The Labute approximate surface area is 199 Å². The van der Waals surface area contributed by atoms with Crippen molar-refractivity contribution in [1.82, 2.24) is 5.32 Å². The van der Waals surface area contributed by atoms with Gasteiger partial charge < -0.3 is 10.2 Å². The number of rotatable bonds is 6. The van der Waals surface area contributed by atoms with Crippen molar-refractivity contribution in [2.24, 2.45) is 0 Å². The van der Waals surface area contributed by atoms with Crippen LogP contribution < -0.4 is 10.2 Å². The molecular formula is C28H28N2O2S. The number of carbonyl (C=O) groups is 2. The average molecular weight is 457 g/mol. The van der Waals surface area contributed by atoms with Crippen LogP contribution in [-0.4, -0.2) is 17.9 Å². The van der Waals surface area contributed by atoms with Gasteiger partial charge in [-0.05, 0) is 55.7 Å². The molecule has 1 aliphatic rings. The molecule has 4 nitrogen and oxygen atoms in total. The van der Waals surface area contributed by atoms with Gasteiger partial charge in [-0.3, -0.25) is 9.59 Å². The Morgan fingerprint density at radius 1 is 1.06 bits per heavy atom. The summed E-state index contributed by atoms with van der Waals surface area (Å²) in [6.07, 6.45) is 2.79. The quantitative estimate of drug-likeness (QED) is 0.449. The van der Waals surface area contributed by atoms with Crippen molar-refractivity contribution in [3.8, 4) is 0 Å². The molecule has 0 saturated heterocycles. The van der Waals surface area contributed by atoms with Crippen molar-refractivity contribution in [2.45, 2.75) is 44.7 Å². The Morgan fingerprint density at radius 2 is 1.85 bits per heavy atom. The number of nitrogens with one attached hydrogen (secondary N) is 1. The lowest BCUT2D eigenvalue weighted by molar-refractivity contribution is -0.114. The third-order valence-corrected chi connectivity index (χ3v) is 6.78. The number of amides is 2. The zero-order valence-electron chi connectivity index (χ0n) is 19.2. The number of benzene rings is 3. The second-order valence-electron chi connectivity index (χ2n) is 8.37. The first kappa shape index (κ1) is 22.9. The molecule has 0 fully saturated rings. The highest BCUT2D eigenvalue weighted by Crippen LogP contribution is 2.43. The molecule has 0 bridgehead atoms. The van der Waals surface area contributed by atoms with E-state index in [0.717, 1.165) is 33.7 Å². The highest BCUT2D eigenvalue weighted by Gasteiger charge is 2.30. The molecule has 0 aliphatic carbocycles. The fourth-order valence-corrected chi connectivity index (χ4v) is 4.75. The Bertz CT molecular complexity index is 1200. The molecule has 33 heavy (non-hydrogen) atoms. The van der Waals surface area contributed by atoms with Crippen LogP contribution in [0.2, 0.25) is 0 Å². The number of fused-ring (bicyclic) bond motifs is 1. The summed E-state index contributed by atoms with van der Waals surface area (Å²) in [6.45, 7) is 6.51. The first-order valence-electron chi connectivity index (χ1n) is 11.2. The van der Waals surface area contributed by atoms with E-state index in [4.69, 9.17) is 0 Å². The summed E-state index contributed by atoms with van der Waals surface area (Å²) in [7, 11) is 0. The van der Waals surface area contributed by atoms with Crippen molar-refractivity contribution in [2.75, 3.05) is 4.90 Å². The van der Waals surface area contributed by atoms with Crippen LogP contribution in [0.3, 0.4) is 0 Å². The van der Waals surface area contributed by atoms with E-state index in [1.807, 2.05) is 93.6 Å². The highest BCUT2D eigenvalue weighted by atomic mass is 32.2. The van der Waals surface area contributed by atoms with Crippen LogP contribution in [0.4, 0.5) is 5.69 Å². The van der Waals surface area contributed by atoms with Gasteiger partial charge in [-0.1, -0.05) is 78.8 Å². The molecule has 0 spiro atoms. The minimum Gasteiger partial charge on any atom is -0.350 e. The maximum atomic E-state index is 13.6. The van der Waals surface area contributed by atoms with Gasteiger partial charge in [0.2, 0.25) is 0 Å². The lowest BCUT2D eigenvalue weighted by Crippen LogP contribution is -2.35. The summed E-state index contributed by atoms with van der Waals surface area (Å²) in [6, 6.07) is 23.8. The molecule has 2 amide bonds. The van der Waals surface area contributed by atoms with Gasteiger partial charge >= 0.3 is 0 Å². The largest absolute Gasteiger partial charge is 0.350 e. The number of thioether (sulfide) groups is 1. The number of anilines is 1. The number of hydrogen-bond acceptors (Lipinski definition) is 3. The van der Waals surface area contributed by atoms with E-state index >= 15 is 0 Å². The normalized spacial score (nSPS) is 15.3. The van der Waals surface area contributed by atoms with E-state index < -0.39 is 0 Å². The molecule has 1 atom stereocenters. The molecule has 1 aliphatic heterocycles.